The number of rotatable bonds is 7. The molecule has 2 heterocycles. The van der Waals surface area contributed by atoms with Gasteiger partial charge in [0.05, 0.1) is 5.52 Å². The van der Waals surface area contributed by atoms with Crippen LogP contribution in [0.2, 0.25) is 0 Å². The zero-order valence-electron chi connectivity index (χ0n) is 39.3. The molecule has 0 N–H and O–H groups in total. The molecule has 71 heavy (non-hydrogen) atoms. The fourth-order valence-electron chi connectivity index (χ4n) is 11.6. The molecule has 1 aliphatic rings. The Kier molecular flexibility index (Phi) is 9.60. The maximum Gasteiger partial charge on any atom is 0.143 e. The van der Waals surface area contributed by atoms with Crippen LogP contribution in [0, 0.1) is 5.92 Å². The van der Waals surface area contributed by atoms with Crippen molar-refractivity contribution >= 4 is 60.5 Å². The lowest BCUT2D eigenvalue weighted by molar-refractivity contribution is 0.671. The van der Waals surface area contributed by atoms with Gasteiger partial charge in [0.1, 0.15) is 11.2 Å². The van der Waals surface area contributed by atoms with Crippen molar-refractivity contribution in [2.24, 2.45) is 5.92 Å². The fourth-order valence-corrected chi connectivity index (χ4v) is 11.6. The molecule has 2 nitrogen and oxygen atoms in total. The van der Waals surface area contributed by atoms with E-state index in [4.69, 9.17) is 4.42 Å². The van der Waals surface area contributed by atoms with Crippen molar-refractivity contribution < 1.29 is 4.42 Å². The van der Waals surface area contributed by atoms with E-state index in [0.717, 1.165) is 67.4 Å². The first-order valence-corrected chi connectivity index (χ1v) is 24.8. The Labute approximate surface area is 413 Å². The molecule has 0 aliphatic heterocycles. The number of nitrogens with zero attached hydrogens (tertiary/aromatic N) is 1. The molecular formula is C69H47NO. The maximum absolute atomic E-state index is 7.26. The lowest BCUT2D eigenvalue weighted by Crippen LogP contribution is -2.08. The second-order valence-electron chi connectivity index (χ2n) is 19.2. The van der Waals surface area contributed by atoms with E-state index in [1.165, 1.54) is 77.1 Å². The highest BCUT2D eigenvalue weighted by atomic mass is 16.3. The molecular weight excluding hydrogens is 859 g/mol. The molecule has 2 heteroatoms. The van der Waals surface area contributed by atoms with Gasteiger partial charge in [0.15, 0.2) is 0 Å². The largest absolute Gasteiger partial charge is 0.455 e. The zero-order valence-corrected chi connectivity index (χ0v) is 39.3. The molecule has 0 bridgehead atoms. The Morgan fingerprint density at radius 2 is 0.803 bits per heavy atom. The smallest absolute Gasteiger partial charge is 0.143 e. The number of furan rings is 1. The minimum atomic E-state index is 0.419. The van der Waals surface area contributed by atoms with Crippen molar-refractivity contribution in [2.75, 3.05) is 0 Å². The molecule has 1 unspecified atom stereocenters. The second-order valence-corrected chi connectivity index (χ2v) is 19.2. The molecule has 0 fully saturated rings. The molecule has 0 saturated heterocycles. The molecule has 1 atom stereocenters. The van der Waals surface area contributed by atoms with Gasteiger partial charge in [-0.05, 0) is 132 Å². The van der Waals surface area contributed by atoms with Crippen molar-refractivity contribution in [3.8, 4) is 72.4 Å². The Bertz CT molecular complexity index is 4160. The van der Waals surface area contributed by atoms with Gasteiger partial charge >= 0.3 is 0 Å². The van der Waals surface area contributed by atoms with Crippen molar-refractivity contribution in [1.82, 2.24) is 4.57 Å². The molecule has 334 valence electrons. The van der Waals surface area contributed by atoms with Crippen LogP contribution in [0.5, 0.6) is 0 Å². The van der Waals surface area contributed by atoms with Gasteiger partial charge < -0.3 is 8.98 Å². The fraction of sp³-hybridized carbons (Fsp3) is 0.0435. The summed E-state index contributed by atoms with van der Waals surface area (Å²) >= 11 is 0. The summed E-state index contributed by atoms with van der Waals surface area (Å²) in [6.45, 7) is 2.32. The lowest BCUT2D eigenvalue weighted by atomic mass is 9.86. The van der Waals surface area contributed by atoms with Crippen LogP contribution in [0.25, 0.3) is 133 Å². The van der Waals surface area contributed by atoms with Gasteiger partial charge in [-0.25, -0.2) is 0 Å². The van der Waals surface area contributed by atoms with Crippen LogP contribution >= 0.6 is 0 Å². The van der Waals surface area contributed by atoms with Crippen LogP contribution in [0.1, 0.15) is 18.2 Å². The first-order valence-electron chi connectivity index (χ1n) is 24.8. The number of hydrogen-bond acceptors (Lipinski definition) is 1. The highest BCUT2D eigenvalue weighted by molar-refractivity contribution is 6.21. The standard InChI is InChI=1S/C69H47NO/c1-44-30-36-54-55-37-33-50(61-40-52(46-20-8-3-9-21-46)42-63-62-41-51(45-18-6-2-7-19-45)39-60(68(62)71-69(61)63)47-22-10-4-11-23-47)43-65(55)70(64(54)38-44)53-34-31-49(32-35-53)67-58-28-16-14-26-56(58)66(48-24-12-5-13-25-48)57-27-15-17-29-59(57)67/h2-37,39-44H,38H2,1H3. The molecule has 0 radical (unpaired) electrons. The van der Waals surface area contributed by atoms with Crippen molar-refractivity contribution in [2.45, 2.75) is 13.3 Å². The molecule has 11 aromatic carbocycles. The van der Waals surface area contributed by atoms with Gasteiger partial charge in [-0.1, -0.05) is 213 Å². The van der Waals surface area contributed by atoms with Gasteiger partial charge in [-0.2, -0.15) is 0 Å². The molecule has 0 spiro atoms. The van der Waals surface area contributed by atoms with E-state index in [0.29, 0.717) is 5.92 Å². The van der Waals surface area contributed by atoms with Crippen LogP contribution in [-0.2, 0) is 6.42 Å². The summed E-state index contributed by atoms with van der Waals surface area (Å²) in [5.41, 5.74) is 20.8. The molecule has 14 rings (SSSR count). The quantitative estimate of drug-likeness (QED) is 0.146. The van der Waals surface area contributed by atoms with E-state index in [1.54, 1.807) is 0 Å². The normalized spacial score (nSPS) is 13.5. The minimum absolute atomic E-state index is 0.419. The van der Waals surface area contributed by atoms with Crippen LogP contribution in [0.15, 0.2) is 247 Å². The first-order chi connectivity index (χ1) is 35.1. The van der Waals surface area contributed by atoms with Crippen molar-refractivity contribution in [1.29, 1.82) is 0 Å². The summed E-state index contributed by atoms with van der Waals surface area (Å²) in [4.78, 5) is 0. The number of allylic oxidation sites excluding steroid dienone is 1. The number of hydrogen-bond donors (Lipinski definition) is 0. The third-order valence-corrected chi connectivity index (χ3v) is 14.9. The number of fused-ring (bicyclic) bond motifs is 8. The van der Waals surface area contributed by atoms with Crippen LogP contribution in [0.3, 0.4) is 0 Å². The molecule has 13 aromatic rings. The Balaban J connectivity index is 0.979. The first kappa shape index (κ1) is 41.0. The van der Waals surface area contributed by atoms with Crippen LogP contribution in [0.4, 0.5) is 0 Å². The Morgan fingerprint density at radius 1 is 0.366 bits per heavy atom. The third-order valence-electron chi connectivity index (χ3n) is 14.9. The van der Waals surface area contributed by atoms with Crippen LogP contribution < -0.4 is 0 Å². The Hall–Kier alpha value is -8.98. The summed E-state index contributed by atoms with van der Waals surface area (Å²) in [5, 5.41) is 8.50. The number of aromatic nitrogens is 1. The van der Waals surface area contributed by atoms with Crippen molar-refractivity contribution in [3.63, 3.8) is 0 Å². The topological polar surface area (TPSA) is 18.1 Å². The second kappa shape index (κ2) is 16.6. The van der Waals surface area contributed by atoms with E-state index in [-0.39, 0.29) is 0 Å². The van der Waals surface area contributed by atoms with E-state index in [2.05, 4.69) is 260 Å². The predicted octanol–water partition coefficient (Wildman–Crippen LogP) is 19.0. The highest BCUT2D eigenvalue weighted by Crippen LogP contribution is 2.47. The van der Waals surface area contributed by atoms with E-state index in [9.17, 15) is 0 Å². The van der Waals surface area contributed by atoms with Crippen LogP contribution in [-0.4, -0.2) is 4.57 Å². The Morgan fingerprint density at radius 3 is 1.32 bits per heavy atom. The molecule has 0 saturated carbocycles. The van der Waals surface area contributed by atoms with E-state index in [1.807, 2.05) is 0 Å². The summed E-state index contributed by atoms with van der Waals surface area (Å²) in [6, 6.07) is 86.5. The zero-order chi connectivity index (χ0) is 47.0. The van der Waals surface area contributed by atoms with Gasteiger partial charge in [-0.15, -0.1) is 0 Å². The molecule has 1 aliphatic carbocycles. The summed E-state index contributed by atoms with van der Waals surface area (Å²) in [7, 11) is 0. The monoisotopic (exact) mass is 905 g/mol. The van der Waals surface area contributed by atoms with E-state index < -0.39 is 0 Å². The maximum atomic E-state index is 7.26. The number of benzene rings is 11. The van der Waals surface area contributed by atoms with Gasteiger partial charge in [0.25, 0.3) is 0 Å². The van der Waals surface area contributed by atoms with Gasteiger partial charge in [-0.3, -0.25) is 0 Å². The SMILES string of the molecule is CC1C=Cc2c(n(-c3ccc(-c4c5ccccc5c(-c5ccccc5)c5ccccc45)cc3)c3cc(-c4cc(-c5ccccc5)cc5c4oc4c(-c6ccccc6)cc(-c6ccccc6)cc45)ccc23)C1. The summed E-state index contributed by atoms with van der Waals surface area (Å²) < 4.78 is 9.79. The van der Waals surface area contributed by atoms with Gasteiger partial charge in [0, 0.05) is 44.2 Å². The average Bonchev–Trinajstić information content (AvgIpc) is 3.97. The summed E-state index contributed by atoms with van der Waals surface area (Å²) in [6.07, 6.45) is 5.68. The lowest BCUT2D eigenvalue weighted by Gasteiger charge is -2.19. The highest BCUT2D eigenvalue weighted by Gasteiger charge is 2.25. The van der Waals surface area contributed by atoms with Gasteiger partial charge in [0.2, 0.25) is 0 Å². The van der Waals surface area contributed by atoms with E-state index >= 15 is 0 Å². The summed E-state index contributed by atoms with van der Waals surface area (Å²) in [5.74, 6) is 0.419. The van der Waals surface area contributed by atoms with Crippen molar-refractivity contribution in [3.05, 3.63) is 254 Å². The predicted molar refractivity (Wildman–Crippen MR) is 300 cm³/mol. The molecule has 0 amide bonds. The minimum Gasteiger partial charge on any atom is -0.455 e. The molecule has 2 aromatic heterocycles. The third kappa shape index (κ3) is 6.78. The average molecular weight is 906 g/mol.